The molecule has 29 heavy (non-hydrogen) atoms. The molecule has 0 saturated heterocycles. The molecule has 6 nitrogen and oxygen atoms in total. The third-order valence-electron chi connectivity index (χ3n) is 4.93. The van der Waals surface area contributed by atoms with Crippen LogP contribution in [0.15, 0.2) is 59.5 Å². The molecule has 0 saturated carbocycles. The zero-order valence-electron chi connectivity index (χ0n) is 17.6. The summed E-state index contributed by atoms with van der Waals surface area (Å²) in [6.45, 7) is 8.78. The predicted octanol–water partition coefficient (Wildman–Crippen LogP) is 3.07. The van der Waals surface area contributed by atoms with Gasteiger partial charge in [0.25, 0.3) is 0 Å². The molecular weight excluding hydrogens is 386 g/mol. The van der Waals surface area contributed by atoms with Crippen LogP contribution in [0, 0.1) is 0 Å². The third-order valence-corrected chi connectivity index (χ3v) is 6.99. The number of rotatable bonds is 10. The predicted molar refractivity (Wildman–Crippen MR) is 116 cm³/mol. The number of sulfonamides is 1. The van der Waals surface area contributed by atoms with Crippen molar-refractivity contribution in [2.75, 3.05) is 13.1 Å². The number of hydrogen-bond acceptors (Lipinski definition) is 4. The maximum absolute atomic E-state index is 12.6. The van der Waals surface area contributed by atoms with Crippen molar-refractivity contribution in [2.24, 2.45) is 0 Å². The molecule has 2 aromatic rings. The minimum Gasteiger partial charge on any atom is -0.351 e. The van der Waals surface area contributed by atoms with Crippen LogP contribution in [0.4, 0.5) is 0 Å². The number of nitrogens with one attached hydrogen (secondary N) is 2. The lowest BCUT2D eigenvalue weighted by Crippen LogP contribution is -2.42. The van der Waals surface area contributed by atoms with Crippen LogP contribution in [0.3, 0.4) is 0 Å². The molecule has 0 heterocycles. The average molecular weight is 418 g/mol. The number of hydrogen-bond donors (Lipinski definition) is 2. The normalized spacial score (nSPS) is 13.8. The SMILES string of the molecule is CCN(CC)S(=O)(=O)c1ccc([C@@H](C)N[C@@H](C)C(=O)NCc2ccccc2)cc1. The highest BCUT2D eigenvalue weighted by molar-refractivity contribution is 7.89. The van der Waals surface area contributed by atoms with Crippen molar-refractivity contribution in [1.29, 1.82) is 0 Å². The second kappa shape index (κ2) is 10.5. The van der Waals surface area contributed by atoms with Gasteiger partial charge in [-0.2, -0.15) is 4.31 Å². The lowest BCUT2D eigenvalue weighted by Gasteiger charge is -2.21. The number of carbonyl (C=O) groups excluding carboxylic acids is 1. The van der Waals surface area contributed by atoms with Crippen LogP contribution >= 0.6 is 0 Å². The van der Waals surface area contributed by atoms with Gasteiger partial charge in [-0.1, -0.05) is 56.3 Å². The van der Waals surface area contributed by atoms with Crippen LogP contribution in [0.1, 0.15) is 44.9 Å². The van der Waals surface area contributed by atoms with Gasteiger partial charge >= 0.3 is 0 Å². The van der Waals surface area contributed by atoms with Crippen molar-refractivity contribution < 1.29 is 13.2 Å². The smallest absolute Gasteiger partial charge is 0.243 e. The van der Waals surface area contributed by atoms with E-state index in [1.165, 1.54) is 4.31 Å². The first-order valence-corrected chi connectivity index (χ1v) is 11.4. The summed E-state index contributed by atoms with van der Waals surface area (Å²) in [5.41, 5.74) is 1.97. The Morgan fingerprint density at radius 1 is 0.966 bits per heavy atom. The van der Waals surface area contributed by atoms with Crippen molar-refractivity contribution in [3.8, 4) is 0 Å². The summed E-state index contributed by atoms with van der Waals surface area (Å²) in [5, 5.41) is 6.19. The second-order valence-corrected chi connectivity index (χ2v) is 8.91. The summed E-state index contributed by atoms with van der Waals surface area (Å²) in [4.78, 5) is 12.6. The lowest BCUT2D eigenvalue weighted by molar-refractivity contribution is -0.123. The summed E-state index contributed by atoms with van der Waals surface area (Å²) >= 11 is 0. The van der Waals surface area contributed by atoms with Gasteiger partial charge in [-0.05, 0) is 37.1 Å². The van der Waals surface area contributed by atoms with Gasteiger partial charge in [-0.15, -0.1) is 0 Å². The van der Waals surface area contributed by atoms with Crippen molar-refractivity contribution in [1.82, 2.24) is 14.9 Å². The maximum atomic E-state index is 12.6. The van der Waals surface area contributed by atoms with Crippen LogP contribution < -0.4 is 10.6 Å². The molecule has 1 amide bonds. The molecule has 0 radical (unpaired) electrons. The number of nitrogens with zero attached hydrogens (tertiary/aromatic N) is 1. The number of benzene rings is 2. The molecule has 2 atom stereocenters. The molecule has 0 bridgehead atoms. The molecule has 2 rings (SSSR count). The molecule has 2 aromatic carbocycles. The van der Waals surface area contributed by atoms with Gasteiger partial charge in [0.05, 0.1) is 10.9 Å². The van der Waals surface area contributed by atoms with Crippen molar-refractivity contribution >= 4 is 15.9 Å². The Hall–Kier alpha value is -2.22. The molecule has 0 fully saturated rings. The lowest BCUT2D eigenvalue weighted by atomic mass is 10.1. The molecule has 2 N–H and O–H groups in total. The van der Waals surface area contributed by atoms with E-state index in [1.54, 1.807) is 24.3 Å². The summed E-state index contributed by atoms with van der Waals surface area (Å²) in [5.74, 6) is -0.0820. The monoisotopic (exact) mass is 417 g/mol. The zero-order chi connectivity index (χ0) is 21.4. The summed E-state index contributed by atoms with van der Waals surface area (Å²) in [6, 6.07) is 16.1. The first-order chi connectivity index (χ1) is 13.8. The Morgan fingerprint density at radius 2 is 1.55 bits per heavy atom. The first kappa shape index (κ1) is 23.1. The Labute approximate surface area is 174 Å². The van der Waals surface area contributed by atoms with Crippen molar-refractivity contribution in [3.63, 3.8) is 0 Å². The molecule has 7 heteroatoms. The Balaban J connectivity index is 1.96. The van der Waals surface area contributed by atoms with Gasteiger partial charge in [0.1, 0.15) is 0 Å². The summed E-state index contributed by atoms with van der Waals surface area (Å²) in [7, 11) is -3.47. The molecule has 0 aliphatic heterocycles. The molecule has 0 aliphatic rings. The Bertz CT molecular complexity index is 879. The van der Waals surface area contributed by atoms with E-state index >= 15 is 0 Å². The standard InChI is InChI=1S/C22H31N3O3S/c1-5-25(6-2)29(27,28)21-14-12-20(13-15-21)17(3)24-18(4)22(26)23-16-19-10-8-7-9-11-19/h7-15,17-18,24H,5-6,16H2,1-4H3,(H,23,26)/t17-,18+/m1/s1. The van der Waals surface area contributed by atoms with E-state index in [0.29, 0.717) is 19.6 Å². The van der Waals surface area contributed by atoms with Gasteiger partial charge in [-0.25, -0.2) is 8.42 Å². The minimum atomic E-state index is -3.47. The quantitative estimate of drug-likeness (QED) is 0.623. The van der Waals surface area contributed by atoms with Crippen molar-refractivity contribution in [2.45, 2.75) is 51.2 Å². The van der Waals surface area contributed by atoms with Crippen LogP contribution in [0.2, 0.25) is 0 Å². The highest BCUT2D eigenvalue weighted by Crippen LogP contribution is 2.19. The fourth-order valence-corrected chi connectivity index (χ4v) is 4.58. The van der Waals surface area contributed by atoms with E-state index in [2.05, 4.69) is 10.6 Å². The molecule has 0 unspecified atom stereocenters. The van der Waals surface area contributed by atoms with E-state index < -0.39 is 10.0 Å². The van der Waals surface area contributed by atoms with Crippen LogP contribution in [0.25, 0.3) is 0 Å². The van der Waals surface area contributed by atoms with Gasteiger partial charge in [-0.3, -0.25) is 10.1 Å². The van der Waals surface area contributed by atoms with E-state index in [1.807, 2.05) is 58.0 Å². The fraction of sp³-hybridized carbons (Fsp3) is 0.409. The highest BCUT2D eigenvalue weighted by atomic mass is 32.2. The third kappa shape index (κ3) is 6.13. The minimum absolute atomic E-state index is 0.0820. The highest BCUT2D eigenvalue weighted by Gasteiger charge is 2.22. The van der Waals surface area contributed by atoms with Crippen molar-refractivity contribution in [3.05, 3.63) is 65.7 Å². The molecule has 0 aromatic heterocycles. The van der Waals surface area contributed by atoms with Crippen LogP contribution in [-0.4, -0.2) is 37.8 Å². The van der Waals surface area contributed by atoms with Crippen LogP contribution in [-0.2, 0) is 21.4 Å². The molecular formula is C22H31N3O3S. The van der Waals surface area contributed by atoms with Gasteiger partial charge in [0, 0.05) is 25.7 Å². The Morgan fingerprint density at radius 3 is 2.10 bits per heavy atom. The first-order valence-electron chi connectivity index (χ1n) is 9.97. The van der Waals surface area contributed by atoms with Gasteiger partial charge < -0.3 is 5.32 Å². The molecule has 158 valence electrons. The van der Waals surface area contributed by atoms with E-state index in [-0.39, 0.29) is 22.9 Å². The summed E-state index contributed by atoms with van der Waals surface area (Å²) < 4.78 is 26.6. The fourth-order valence-electron chi connectivity index (χ4n) is 3.13. The maximum Gasteiger partial charge on any atom is 0.243 e. The topological polar surface area (TPSA) is 78.5 Å². The Kier molecular flexibility index (Phi) is 8.37. The van der Waals surface area contributed by atoms with E-state index in [9.17, 15) is 13.2 Å². The van der Waals surface area contributed by atoms with Gasteiger partial charge in [0.2, 0.25) is 15.9 Å². The molecule has 0 spiro atoms. The van der Waals surface area contributed by atoms with E-state index in [0.717, 1.165) is 11.1 Å². The number of carbonyl (C=O) groups is 1. The second-order valence-electron chi connectivity index (χ2n) is 6.97. The molecule has 0 aliphatic carbocycles. The average Bonchev–Trinajstić information content (AvgIpc) is 2.73. The van der Waals surface area contributed by atoms with Crippen LogP contribution in [0.5, 0.6) is 0 Å². The summed E-state index contributed by atoms with van der Waals surface area (Å²) in [6.07, 6.45) is 0. The van der Waals surface area contributed by atoms with E-state index in [4.69, 9.17) is 0 Å². The zero-order valence-corrected chi connectivity index (χ0v) is 18.4. The largest absolute Gasteiger partial charge is 0.351 e. The van der Waals surface area contributed by atoms with Gasteiger partial charge in [0.15, 0.2) is 0 Å². The number of amides is 1.